The van der Waals surface area contributed by atoms with Crippen LogP contribution in [0.15, 0.2) is 24.3 Å². The molecule has 21 heavy (non-hydrogen) atoms. The first-order chi connectivity index (χ1) is 9.70. The largest absolute Gasteiger partial charge is 0.416 e. The van der Waals surface area contributed by atoms with Crippen LogP contribution in [0.1, 0.15) is 37.8 Å². The van der Waals surface area contributed by atoms with Crippen LogP contribution in [0, 0.1) is 5.92 Å². The van der Waals surface area contributed by atoms with Gasteiger partial charge in [-0.2, -0.15) is 13.2 Å². The van der Waals surface area contributed by atoms with E-state index >= 15 is 0 Å². The molecule has 2 rings (SSSR count). The summed E-state index contributed by atoms with van der Waals surface area (Å²) in [6.07, 6.45) is -3.26. The van der Waals surface area contributed by atoms with Gasteiger partial charge in [0, 0.05) is 19.4 Å². The van der Waals surface area contributed by atoms with Crippen LogP contribution in [0.4, 0.5) is 13.2 Å². The number of halogens is 3. The number of rotatable bonds is 3. The fourth-order valence-electron chi connectivity index (χ4n) is 2.76. The fourth-order valence-corrected chi connectivity index (χ4v) is 2.76. The number of benzene rings is 1. The average Bonchev–Trinajstić information content (AvgIpc) is 2.37. The van der Waals surface area contributed by atoms with Crippen molar-refractivity contribution in [3.05, 3.63) is 35.4 Å². The Balaban J connectivity index is 2.13. The van der Waals surface area contributed by atoms with Gasteiger partial charge in [0.15, 0.2) is 0 Å². The smallest absolute Gasteiger partial charge is 0.389 e. The monoisotopic (exact) mass is 302 g/mol. The number of hydrogen-bond acceptors (Lipinski definition) is 2. The molecule has 0 amide bonds. The van der Waals surface area contributed by atoms with Gasteiger partial charge in [-0.15, -0.1) is 0 Å². The lowest BCUT2D eigenvalue weighted by Crippen LogP contribution is -2.44. The molecule has 2 atom stereocenters. The molecule has 5 heteroatoms. The van der Waals surface area contributed by atoms with Crippen LogP contribution in [-0.4, -0.2) is 23.4 Å². The Kier molecular flexibility index (Phi) is 4.63. The maximum absolute atomic E-state index is 12.7. The number of hydrogen-bond donors (Lipinski definition) is 1. The van der Waals surface area contributed by atoms with E-state index in [0.29, 0.717) is 25.0 Å². The first kappa shape index (κ1) is 16.3. The molecule has 1 fully saturated rings. The second-order valence-corrected chi connectivity index (χ2v) is 6.21. The highest BCUT2D eigenvalue weighted by Crippen LogP contribution is 2.34. The molecule has 0 aliphatic carbocycles. The van der Waals surface area contributed by atoms with E-state index in [1.54, 1.807) is 6.07 Å². The van der Waals surface area contributed by atoms with Gasteiger partial charge in [-0.25, -0.2) is 0 Å². The third-order valence-electron chi connectivity index (χ3n) is 4.01. The van der Waals surface area contributed by atoms with Crippen LogP contribution in [0.3, 0.4) is 0 Å². The van der Waals surface area contributed by atoms with Gasteiger partial charge < -0.3 is 9.84 Å². The Hall–Kier alpha value is -1.07. The molecule has 0 saturated carbocycles. The van der Waals surface area contributed by atoms with Crippen LogP contribution in [0.25, 0.3) is 0 Å². The lowest BCUT2D eigenvalue weighted by Gasteiger charge is -2.38. The number of alkyl halides is 3. The number of ether oxygens (including phenoxy) is 1. The lowest BCUT2D eigenvalue weighted by molar-refractivity contribution is -0.137. The SMILES string of the molecule is CC(C)C1CC(O)(Cc2cccc(C(F)(F)F)c2)CCO1. The van der Waals surface area contributed by atoms with Crippen LogP contribution in [0.5, 0.6) is 0 Å². The van der Waals surface area contributed by atoms with E-state index in [-0.39, 0.29) is 18.4 Å². The second-order valence-electron chi connectivity index (χ2n) is 6.21. The van der Waals surface area contributed by atoms with Gasteiger partial charge in [-0.05, 0) is 24.0 Å². The van der Waals surface area contributed by atoms with Crippen molar-refractivity contribution in [1.82, 2.24) is 0 Å². The summed E-state index contributed by atoms with van der Waals surface area (Å²) in [7, 11) is 0. The van der Waals surface area contributed by atoms with Crippen molar-refractivity contribution in [2.24, 2.45) is 5.92 Å². The summed E-state index contributed by atoms with van der Waals surface area (Å²) < 4.78 is 43.8. The zero-order valence-electron chi connectivity index (χ0n) is 12.3. The minimum atomic E-state index is -4.35. The van der Waals surface area contributed by atoms with Crippen molar-refractivity contribution in [2.75, 3.05) is 6.61 Å². The molecule has 0 radical (unpaired) electrons. The van der Waals surface area contributed by atoms with E-state index in [9.17, 15) is 18.3 Å². The quantitative estimate of drug-likeness (QED) is 0.920. The summed E-state index contributed by atoms with van der Waals surface area (Å²) in [6.45, 7) is 4.47. The highest BCUT2D eigenvalue weighted by Gasteiger charge is 2.37. The Morgan fingerprint density at radius 1 is 1.38 bits per heavy atom. The molecule has 1 aliphatic rings. The minimum absolute atomic E-state index is 0.0467. The lowest BCUT2D eigenvalue weighted by atomic mass is 9.82. The van der Waals surface area contributed by atoms with Crippen molar-refractivity contribution >= 4 is 0 Å². The van der Waals surface area contributed by atoms with E-state index in [1.807, 2.05) is 13.8 Å². The van der Waals surface area contributed by atoms with Gasteiger partial charge in [0.2, 0.25) is 0 Å². The van der Waals surface area contributed by atoms with E-state index in [1.165, 1.54) is 6.07 Å². The third kappa shape index (κ3) is 4.20. The summed E-state index contributed by atoms with van der Waals surface area (Å²) in [4.78, 5) is 0. The van der Waals surface area contributed by atoms with Crippen molar-refractivity contribution < 1.29 is 23.0 Å². The topological polar surface area (TPSA) is 29.5 Å². The predicted octanol–water partition coefficient (Wildman–Crippen LogP) is 3.81. The second kappa shape index (κ2) is 5.97. The Morgan fingerprint density at radius 2 is 2.10 bits per heavy atom. The van der Waals surface area contributed by atoms with Gasteiger partial charge in [-0.3, -0.25) is 0 Å². The van der Waals surface area contributed by atoms with E-state index in [2.05, 4.69) is 0 Å². The molecule has 0 aromatic heterocycles. The Morgan fingerprint density at radius 3 is 2.71 bits per heavy atom. The fraction of sp³-hybridized carbons (Fsp3) is 0.625. The summed E-state index contributed by atoms with van der Waals surface area (Å²) in [6, 6.07) is 5.19. The average molecular weight is 302 g/mol. The Bertz CT molecular complexity index is 485. The van der Waals surface area contributed by atoms with E-state index < -0.39 is 17.3 Å². The molecule has 0 spiro atoms. The minimum Gasteiger partial charge on any atom is -0.389 e. The molecule has 1 N–H and O–H groups in total. The molecule has 1 saturated heterocycles. The molecule has 1 heterocycles. The van der Waals surface area contributed by atoms with Crippen molar-refractivity contribution in [3.8, 4) is 0 Å². The van der Waals surface area contributed by atoms with Gasteiger partial charge >= 0.3 is 6.18 Å². The molecule has 2 nitrogen and oxygen atoms in total. The highest BCUT2D eigenvalue weighted by atomic mass is 19.4. The van der Waals surface area contributed by atoms with E-state index in [0.717, 1.165) is 12.1 Å². The number of aliphatic hydroxyl groups is 1. The standard InChI is InChI=1S/C16H21F3O2/c1-11(2)14-10-15(20,6-7-21-14)9-12-4-3-5-13(8-12)16(17,18)19/h3-5,8,11,14,20H,6-7,9-10H2,1-2H3. The summed E-state index contributed by atoms with van der Waals surface area (Å²) in [5, 5.41) is 10.7. The zero-order valence-corrected chi connectivity index (χ0v) is 12.3. The Labute approximate surface area is 122 Å². The summed E-state index contributed by atoms with van der Waals surface area (Å²) in [5.41, 5.74) is -1.15. The molecule has 1 aliphatic heterocycles. The van der Waals surface area contributed by atoms with Crippen LogP contribution >= 0.6 is 0 Å². The maximum atomic E-state index is 12.7. The van der Waals surface area contributed by atoms with Crippen LogP contribution in [-0.2, 0) is 17.3 Å². The summed E-state index contributed by atoms with van der Waals surface area (Å²) in [5.74, 6) is 0.276. The molecule has 1 aromatic rings. The van der Waals surface area contributed by atoms with Crippen LogP contribution in [0.2, 0.25) is 0 Å². The molecular weight excluding hydrogens is 281 g/mol. The van der Waals surface area contributed by atoms with E-state index in [4.69, 9.17) is 4.74 Å². The molecule has 0 bridgehead atoms. The van der Waals surface area contributed by atoms with Crippen molar-refractivity contribution in [1.29, 1.82) is 0 Å². The normalized spacial score (nSPS) is 27.1. The van der Waals surface area contributed by atoms with Gasteiger partial charge in [0.25, 0.3) is 0 Å². The first-order valence-corrected chi connectivity index (χ1v) is 7.20. The zero-order chi connectivity index (χ0) is 15.7. The molecule has 118 valence electrons. The van der Waals surface area contributed by atoms with Gasteiger partial charge in [0.05, 0.1) is 17.3 Å². The van der Waals surface area contributed by atoms with Gasteiger partial charge in [0.1, 0.15) is 0 Å². The molecule has 2 unspecified atom stereocenters. The third-order valence-corrected chi connectivity index (χ3v) is 4.01. The molecule has 1 aromatic carbocycles. The molecular formula is C16H21F3O2. The maximum Gasteiger partial charge on any atom is 0.416 e. The highest BCUT2D eigenvalue weighted by molar-refractivity contribution is 5.27. The van der Waals surface area contributed by atoms with Gasteiger partial charge in [-0.1, -0.05) is 32.0 Å². The van der Waals surface area contributed by atoms with Crippen molar-refractivity contribution in [3.63, 3.8) is 0 Å². The summed E-state index contributed by atoms with van der Waals surface area (Å²) >= 11 is 0. The predicted molar refractivity (Wildman–Crippen MR) is 73.9 cm³/mol. The first-order valence-electron chi connectivity index (χ1n) is 7.20. The van der Waals surface area contributed by atoms with Crippen LogP contribution < -0.4 is 0 Å². The van der Waals surface area contributed by atoms with Crippen molar-refractivity contribution in [2.45, 2.75) is 51.0 Å².